The van der Waals surface area contributed by atoms with Crippen molar-refractivity contribution in [2.75, 3.05) is 18.0 Å². The van der Waals surface area contributed by atoms with Crippen molar-refractivity contribution in [3.63, 3.8) is 0 Å². The molecule has 18 heavy (non-hydrogen) atoms. The molecular formula is C12H16FN3O2. The van der Waals surface area contributed by atoms with Gasteiger partial charge >= 0.3 is 0 Å². The molecule has 2 rings (SSSR count). The molecule has 1 aliphatic rings. The SMILES string of the molecule is CC1CN(c2ccc([N+](=O)[O-])cc2F)[C@@H](C)CN1. The van der Waals surface area contributed by atoms with Crippen molar-refractivity contribution in [1.29, 1.82) is 0 Å². The molecule has 1 saturated heterocycles. The van der Waals surface area contributed by atoms with Crippen LogP contribution in [0.2, 0.25) is 0 Å². The standard InChI is InChI=1S/C12H16FN3O2/c1-8-7-15(9(2)6-14-8)12-4-3-10(16(17)18)5-11(12)13/h3-5,8-9,14H,6-7H2,1-2H3/t8?,9-/m0/s1. The minimum atomic E-state index is -0.587. The highest BCUT2D eigenvalue weighted by Crippen LogP contribution is 2.26. The predicted octanol–water partition coefficient (Wildman–Crippen LogP) is 1.92. The fourth-order valence-corrected chi connectivity index (χ4v) is 2.20. The van der Waals surface area contributed by atoms with E-state index in [1.54, 1.807) is 0 Å². The lowest BCUT2D eigenvalue weighted by molar-refractivity contribution is -0.385. The van der Waals surface area contributed by atoms with E-state index in [2.05, 4.69) is 5.32 Å². The Kier molecular flexibility index (Phi) is 3.47. The number of halogens is 1. The van der Waals surface area contributed by atoms with Crippen molar-refractivity contribution in [1.82, 2.24) is 5.32 Å². The van der Waals surface area contributed by atoms with Crippen LogP contribution in [0.1, 0.15) is 13.8 Å². The summed E-state index contributed by atoms with van der Waals surface area (Å²) in [5.41, 5.74) is 0.216. The highest BCUT2D eigenvalue weighted by atomic mass is 19.1. The lowest BCUT2D eigenvalue weighted by Crippen LogP contribution is -2.54. The number of anilines is 1. The van der Waals surface area contributed by atoms with Gasteiger partial charge in [-0.3, -0.25) is 10.1 Å². The Balaban J connectivity index is 2.30. The molecule has 0 bridgehead atoms. The Morgan fingerprint density at radius 3 is 2.83 bits per heavy atom. The second kappa shape index (κ2) is 4.89. The highest BCUT2D eigenvalue weighted by Gasteiger charge is 2.25. The fraction of sp³-hybridized carbons (Fsp3) is 0.500. The molecule has 1 unspecified atom stereocenters. The Labute approximate surface area is 105 Å². The largest absolute Gasteiger partial charge is 0.364 e. The van der Waals surface area contributed by atoms with E-state index >= 15 is 0 Å². The van der Waals surface area contributed by atoms with Crippen molar-refractivity contribution in [2.24, 2.45) is 0 Å². The second-order valence-corrected chi connectivity index (χ2v) is 4.70. The lowest BCUT2D eigenvalue weighted by Gasteiger charge is -2.39. The van der Waals surface area contributed by atoms with Crippen LogP contribution in [0.5, 0.6) is 0 Å². The van der Waals surface area contributed by atoms with Crippen molar-refractivity contribution in [3.8, 4) is 0 Å². The molecule has 0 aromatic heterocycles. The molecule has 0 aliphatic carbocycles. The Morgan fingerprint density at radius 2 is 2.22 bits per heavy atom. The van der Waals surface area contributed by atoms with Crippen molar-refractivity contribution in [2.45, 2.75) is 25.9 Å². The van der Waals surface area contributed by atoms with E-state index in [-0.39, 0.29) is 17.8 Å². The van der Waals surface area contributed by atoms with Crippen molar-refractivity contribution in [3.05, 3.63) is 34.1 Å². The summed E-state index contributed by atoms with van der Waals surface area (Å²) in [6.45, 7) is 5.50. The molecule has 5 nitrogen and oxygen atoms in total. The van der Waals surface area contributed by atoms with Crippen LogP contribution in [-0.2, 0) is 0 Å². The first-order valence-corrected chi connectivity index (χ1v) is 5.93. The molecule has 0 radical (unpaired) electrons. The first-order chi connectivity index (χ1) is 8.49. The summed E-state index contributed by atoms with van der Waals surface area (Å²) in [6, 6.07) is 4.25. The number of rotatable bonds is 2. The van der Waals surface area contributed by atoms with E-state index < -0.39 is 10.7 Å². The number of non-ortho nitro benzene ring substituents is 1. The monoisotopic (exact) mass is 253 g/mol. The molecule has 6 heteroatoms. The van der Waals surface area contributed by atoms with Crippen LogP contribution >= 0.6 is 0 Å². The zero-order valence-electron chi connectivity index (χ0n) is 10.4. The van der Waals surface area contributed by atoms with E-state index in [1.165, 1.54) is 12.1 Å². The van der Waals surface area contributed by atoms with Crippen LogP contribution in [0, 0.1) is 15.9 Å². The Bertz CT molecular complexity index is 467. The molecule has 2 atom stereocenters. The molecule has 1 fully saturated rings. The average molecular weight is 253 g/mol. The Morgan fingerprint density at radius 1 is 1.50 bits per heavy atom. The smallest absolute Gasteiger partial charge is 0.272 e. The minimum absolute atomic E-state index is 0.164. The first-order valence-electron chi connectivity index (χ1n) is 5.93. The normalized spacial score (nSPS) is 24.1. The van der Waals surface area contributed by atoms with Crippen LogP contribution in [0.4, 0.5) is 15.8 Å². The summed E-state index contributed by atoms with van der Waals surface area (Å²) in [5, 5.41) is 13.9. The second-order valence-electron chi connectivity index (χ2n) is 4.70. The number of nitrogens with one attached hydrogen (secondary N) is 1. The summed E-state index contributed by atoms with van der Waals surface area (Å²) in [7, 11) is 0. The summed E-state index contributed by atoms with van der Waals surface area (Å²) >= 11 is 0. The van der Waals surface area contributed by atoms with Crippen LogP contribution in [0.15, 0.2) is 18.2 Å². The van der Waals surface area contributed by atoms with Gasteiger partial charge in [-0.1, -0.05) is 0 Å². The third-order valence-electron chi connectivity index (χ3n) is 3.22. The van der Waals surface area contributed by atoms with Crippen LogP contribution in [0.25, 0.3) is 0 Å². The van der Waals surface area contributed by atoms with E-state index in [4.69, 9.17) is 0 Å². The molecule has 1 aliphatic heterocycles. The number of hydrogen-bond acceptors (Lipinski definition) is 4. The van der Waals surface area contributed by atoms with Gasteiger partial charge in [0.25, 0.3) is 5.69 Å². The quantitative estimate of drug-likeness (QED) is 0.646. The number of benzene rings is 1. The highest BCUT2D eigenvalue weighted by molar-refractivity contribution is 5.53. The van der Waals surface area contributed by atoms with Crippen LogP contribution in [-0.4, -0.2) is 30.1 Å². The average Bonchev–Trinajstić information content (AvgIpc) is 2.32. The number of nitro groups is 1. The van der Waals surface area contributed by atoms with Gasteiger partial charge in [-0.2, -0.15) is 0 Å². The third kappa shape index (κ3) is 2.43. The molecule has 1 heterocycles. The van der Waals surface area contributed by atoms with E-state index in [0.717, 1.165) is 12.6 Å². The van der Waals surface area contributed by atoms with Crippen molar-refractivity contribution < 1.29 is 9.31 Å². The number of hydrogen-bond donors (Lipinski definition) is 1. The van der Waals surface area contributed by atoms with Gasteiger partial charge in [0.15, 0.2) is 5.82 Å². The number of piperazine rings is 1. The molecule has 1 N–H and O–H groups in total. The van der Waals surface area contributed by atoms with Gasteiger partial charge in [-0.15, -0.1) is 0 Å². The maximum atomic E-state index is 13.9. The summed E-state index contributed by atoms with van der Waals surface area (Å²) in [5.74, 6) is -0.537. The van der Waals surface area contributed by atoms with Gasteiger partial charge < -0.3 is 10.2 Å². The maximum absolute atomic E-state index is 13.9. The molecule has 98 valence electrons. The number of nitro benzene ring substituents is 1. The van der Waals surface area contributed by atoms with Gasteiger partial charge in [0.05, 0.1) is 16.7 Å². The van der Waals surface area contributed by atoms with Gasteiger partial charge in [-0.25, -0.2) is 4.39 Å². The van der Waals surface area contributed by atoms with Gasteiger partial charge in [-0.05, 0) is 19.9 Å². The fourth-order valence-electron chi connectivity index (χ4n) is 2.20. The summed E-state index contributed by atoms with van der Waals surface area (Å²) in [4.78, 5) is 11.9. The maximum Gasteiger partial charge on any atom is 0.272 e. The van der Waals surface area contributed by atoms with Gasteiger partial charge in [0, 0.05) is 31.2 Å². The third-order valence-corrected chi connectivity index (χ3v) is 3.22. The zero-order valence-corrected chi connectivity index (χ0v) is 10.4. The Hall–Kier alpha value is -1.69. The van der Waals surface area contributed by atoms with Gasteiger partial charge in [0.1, 0.15) is 0 Å². The first kappa shape index (κ1) is 12.8. The van der Waals surface area contributed by atoms with E-state index in [1.807, 2.05) is 18.7 Å². The minimum Gasteiger partial charge on any atom is -0.364 e. The molecule has 0 spiro atoms. The predicted molar refractivity (Wildman–Crippen MR) is 67.3 cm³/mol. The number of nitrogens with zero attached hydrogens (tertiary/aromatic N) is 2. The van der Waals surface area contributed by atoms with Crippen LogP contribution < -0.4 is 10.2 Å². The van der Waals surface area contributed by atoms with E-state index in [9.17, 15) is 14.5 Å². The van der Waals surface area contributed by atoms with Crippen LogP contribution in [0.3, 0.4) is 0 Å². The summed E-state index contributed by atoms with van der Waals surface area (Å²) < 4.78 is 13.9. The lowest BCUT2D eigenvalue weighted by atomic mass is 10.1. The molecular weight excluding hydrogens is 237 g/mol. The molecule has 0 saturated carbocycles. The van der Waals surface area contributed by atoms with Crippen molar-refractivity contribution >= 4 is 11.4 Å². The van der Waals surface area contributed by atoms with Gasteiger partial charge in [0.2, 0.25) is 0 Å². The molecule has 1 aromatic carbocycles. The molecule has 1 aromatic rings. The summed E-state index contributed by atoms with van der Waals surface area (Å²) in [6.07, 6.45) is 0. The topological polar surface area (TPSA) is 58.4 Å². The van der Waals surface area contributed by atoms with E-state index in [0.29, 0.717) is 12.2 Å². The molecule has 0 amide bonds. The zero-order chi connectivity index (χ0) is 13.3.